The van der Waals surface area contributed by atoms with E-state index in [1.54, 1.807) is 38.4 Å². The van der Waals surface area contributed by atoms with E-state index in [-0.39, 0.29) is 29.9 Å². The topological polar surface area (TPSA) is 149 Å². The van der Waals surface area contributed by atoms with Gasteiger partial charge in [-0.1, -0.05) is 78.8 Å². The van der Waals surface area contributed by atoms with Crippen molar-refractivity contribution in [3.63, 3.8) is 0 Å². The number of carboxylic acids is 1. The highest BCUT2D eigenvalue weighted by Crippen LogP contribution is 2.31. The van der Waals surface area contributed by atoms with Gasteiger partial charge < -0.3 is 30.7 Å². The number of carboxylic acid groups (broad SMARTS) is 1. The van der Waals surface area contributed by atoms with E-state index in [2.05, 4.69) is 21.3 Å². The van der Waals surface area contributed by atoms with Crippen LogP contribution in [0.15, 0.2) is 60.2 Å². The van der Waals surface area contributed by atoms with Crippen LogP contribution in [0.5, 0.6) is 0 Å². The summed E-state index contributed by atoms with van der Waals surface area (Å²) < 4.78 is 5.40. The molecule has 0 aliphatic rings. The van der Waals surface area contributed by atoms with Crippen LogP contribution < -0.4 is 21.3 Å². The number of hydrogen-bond donors (Lipinski definition) is 5. The monoisotopic (exact) mass is 651 g/mol. The van der Waals surface area contributed by atoms with E-state index in [1.165, 1.54) is 11.8 Å². The van der Waals surface area contributed by atoms with Crippen molar-refractivity contribution >= 4 is 35.3 Å². The summed E-state index contributed by atoms with van der Waals surface area (Å²) >= 11 is 0. The number of carbonyl (C=O) groups is 4. The molecule has 3 atom stereocenters. The zero-order valence-electron chi connectivity index (χ0n) is 29.6. The minimum atomic E-state index is -1.05. The highest BCUT2D eigenvalue weighted by Gasteiger charge is 2.41. The van der Waals surface area contributed by atoms with Crippen molar-refractivity contribution in [2.24, 2.45) is 11.3 Å². The molecule has 3 amide bonds. The fourth-order valence-electron chi connectivity index (χ4n) is 5.36. The summed E-state index contributed by atoms with van der Waals surface area (Å²) in [6.07, 6.45) is 0.966. The fraction of sp³-hybridized carbons (Fsp3) is 0.500. The number of rotatable bonds is 14. The second kappa shape index (κ2) is 16.4. The molecule has 5 N–H and O–H groups in total. The maximum Gasteiger partial charge on any atom is 0.411 e. The predicted molar refractivity (Wildman–Crippen MR) is 186 cm³/mol. The zero-order chi connectivity index (χ0) is 35.7. The molecule has 0 radical (unpaired) electrons. The van der Waals surface area contributed by atoms with Gasteiger partial charge in [-0.2, -0.15) is 0 Å². The minimum absolute atomic E-state index is 0.0679. The molecule has 0 heterocycles. The quantitative estimate of drug-likeness (QED) is 0.171. The van der Waals surface area contributed by atoms with Crippen molar-refractivity contribution < 1.29 is 29.0 Å². The van der Waals surface area contributed by atoms with Gasteiger partial charge in [0.25, 0.3) is 0 Å². The Bertz CT molecular complexity index is 1430. The summed E-state index contributed by atoms with van der Waals surface area (Å²) in [6.45, 7) is 14.9. The first kappa shape index (κ1) is 38.8. The number of ether oxygens (including phenoxy) is 1. The lowest BCUT2D eigenvalue weighted by molar-refractivity contribution is -0.141. The third-order valence-electron chi connectivity index (χ3n) is 8.37. The Labute approximate surface area is 279 Å². The predicted octanol–water partition coefficient (Wildman–Crippen LogP) is 5.39. The number of amides is 3. The molecular formula is C36H53N5O6. The van der Waals surface area contributed by atoms with Gasteiger partial charge in [0.05, 0.1) is 12.1 Å². The lowest BCUT2D eigenvalue weighted by Crippen LogP contribution is -2.61. The average molecular weight is 652 g/mol. The summed E-state index contributed by atoms with van der Waals surface area (Å²) in [7, 11) is 5.15. The normalized spacial score (nSPS) is 14.1. The Morgan fingerprint density at radius 1 is 0.936 bits per heavy atom. The molecule has 1 unspecified atom stereocenters. The molecule has 11 heteroatoms. The molecular weight excluding hydrogens is 598 g/mol. The number of benzene rings is 2. The molecule has 0 aliphatic heterocycles. The number of nitrogens with one attached hydrogen (secondary N) is 4. The van der Waals surface area contributed by atoms with Crippen LogP contribution in [0.2, 0.25) is 0 Å². The van der Waals surface area contributed by atoms with Gasteiger partial charge in [0, 0.05) is 36.5 Å². The van der Waals surface area contributed by atoms with Crippen LogP contribution in [0.25, 0.3) is 0 Å². The van der Waals surface area contributed by atoms with Crippen molar-refractivity contribution in [3.8, 4) is 0 Å². The van der Waals surface area contributed by atoms with Gasteiger partial charge in [-0.05, 0) is 60.7 Å². The Morgan fingerprint density at radius 2 is 1.55 bits per heavy atom. The minimum Gasteiger partial charge on any atom is -0.478 e. The van der Waals surface area contributed by atoms with Crippen LogP contribution in [0.4, 0.5) is 16.2 Å². The van der Waals surface area contributed by atoms with E-state index < -0.39 is 41.0 Å². The number of hydrogen-bond acceptors (Lipinski definition) is 7. The molecule has 47 heavy (non-hydrogen) atoms. The second-order valence-corrected chi connectivity index (χ2v) is 13.8. The molecule has 258 valence electrons. The second-order valence-electron chi connectivity index (χ2n) is 13.8. The van der Waals surface area contributed by atoms with Crippen LogP contribution in [0.3, 0.4) is 0 Å². The van der Waals surface area contributed by atoms with E-state index in [0.29, 0.717) is 5.69 Å². The molecule has 0 fully saturated rings. The maximum atomic E-state index is 13.9. The molecule has 0 saturated carbocycles. The van der Waals surface area contributed by atoms with Crippen LogP contribution >= 0.6 is 0 Å². The molecule has 0 saturated heterocycles. The van der Waals surface area contributed by atoms with E-state index >= 15 is 0 Å². The third-order valence-corrected chi connectivity index (χ3v) is 8.37. The van der Waals surface area contributed by atoms with Gasteiger partial charge in [0.15, 0.2) is 0 Å². The Morgan fingerprint density at radius 3 is 2.06 bits per heavy atom. The summed E-state index contributed by atoms with van der Waals surface area (Å²) in [6, 6.07) is 12.6. The first-order valence-corrected chi connectivity index (χ1v) is 15.8. The third kappa shape index (κ3) is 10.6. The molecule has 0 spiro atoms. The summed E-state index contributed by atoms with van der Waals surface area (Å²) in [5, 5.41) is 21.4. The Kier molecular flexibility index (Phi) is 13.6. The number of carbonyl (C=O) groups excluding carboxylic acids is 3. The number of nitrogens with zero attached hydrogens (tertiary/aromatic N) is 1. The van der Waals surface area contributed by atoms with Crippen molar-refractivity contribution in [1.82, 2.24) is 15.5 Å². The van der Waals surface area contributed by atoms with Crippen LogP contribution in [-0.4, -0.2) is 73.2 Å². The average Bonchev–Trinajstić information content (AvgIpc) is 3.00. The van der Waals surface area contributed by atoms with Crippen LogP contribution in [-0.2, 0) is 31.1 Å². The largest absolute Gasteiger partial charge is 0.478 e. The zero-order valence-corrected chi connectivity index (χ0v) is 29.6. The lowest BCUT2D eigenvalue weighted by Gasteiger charge is -2.40. The smallest absolute Gasteiger partial charge is 0.411 e. The summed E-state index contributed by atoms with van der Waals surface area (Å²) in [4.78, 5) is 53.5. The first-order valence-electron chi connectivity index (χ1n) is 15.8. The van der Waals surface area contributed by atoms with Gasteiger partial charge in [-0.15, -0.1) is 0 Å². The highest BCUT2D eigenvalue weighted by molar-refractivity contribution is 5.92. The Hall–Kier alpha value is -4.38. The highest BCUT2D eigenvalue weighted by atomic mass is 16.5. The van der Waals surface area contributed by atoms with Gasteiger partial charge in [-0.25, -0.2) is 9.59 Å². The first-order chi connectivity index (χ1) is 21.8. The molecule has 0 bridgehead atoms. The van der Waals surface area contributed by atoms with E-state index in [9.17, 15) is 24.3 Å². The maximum absolute atomic E-state index is 13.9. The standard InChI is InChI=1S/C36H53N5O6/c1-22(2)28(19-23(3)33(44)45)41(11)32(43)30(35(4,5)6)40-31(42)29(38-10)36(7,8)25-13-12-14-27(20-25)39-34(46)47-21-24-15-17-26(37-9)18-16-24/h12-20,22,28-30,37-38H,21H2,1-11H3,(H,39,46)(H,40,42)(H,44,45)/b23-19+/t28-,29?,30-/m1/s1. The summed E-state index contributed by atoms with van der Waals surface area (Å²) in [5.74, 6) is -1.82. The molecule has 0 aliphatic carbocycles. The van der Waals surface area contributed by atoms with E-state index in [1.807, 2.05) is 85.8 Å². The number of anilines is 2. The van der Waals surface area contributed by atoms with Crippen LogP contribution in [0, 0.1) is 11.3 Å². The number of aliphatic carboxylic acids is 1. The van der Waals surface area contributed by atoms with E-state index in [0.717, 1.165) is 16.8 Å². The van der Waals surface area contributed by atoms with Gasteiger partial charge >= 0.3 is 12.1 Å². The van der Waals surface area contributed by atoms with Gasteiger partial charge in [-0.3, -0.25) is 14.9 Å². The van der Waals surface area contributed by atoms with Crippen molar-refractivity contribution in [2.75, 3.05) is 31.8 Å². The molecule has 2 aromatic rings. The fourth-order valence-corrected chi connectivity index (χ4v) is 5.36. The van der Waals surface area contributed by atoms with Crippen LogP contribution in [0.1, 0.15) is 66.5 Å². The van der Waals surface area contributed by atoms with Crippen molar-refractivity contribution in [3.05, 3.63) is 71.3 Å². The van der Waals surface area contributed by atoms with Gasteiger partial charge in [0.2, 0.25) is 11.8 Å². The molecule has 11 nitrogen and oxygen atoms in total. The van der Waals surface area contributed by atoms with Crippen molar-refractivity contribution in [1.29, 1.82) is 0 Å². The molecule has 2 aromatic carbocycles. The van der Waals surface area contributed by atoms with Crippen molar-refractivity contribution in [2.45, 2.75) is 85.5 Å². The number of likely N-dealkylation sites (N-methyl/N-ethyl adjacent to an activating group) is 2. The molecule has 0 aromatic heterocycles. The molecule has 2 rings (SSSR count). The summed E-state index contributed by atoms with van der Waals surface area (Å²) in [5.41, 5.74) is 1.79. The Balaban J connectivity index is 2.25. The van der Waals surface area contributed by atoms with Gasteiger partial charge in [0.1, 0.15) is 12.6 Å². The SMILES string of the molecule is CNc1ccc(COC(=O)Nc2cccc(C(C)(C)C(NC)C(=O)N[C@H](C(=O)N(C)[C@H](/C=C(\C)C(=O)O)C(C)C)C(C)(C)C)c2)cc1. The van der Waals surface area contributed by atoms with E-state index in [4.69, 9.17) is 4.74 Å². The lowest BCUT2D eigenvalue weighted by atomic mass is 9.76.